The molecule has 0 saturated carbocycles. The fourth-order valence-electron chi connectivity index (χ4n) is 1.25. The molecular formula is C11H17N3O. The van der Waals surface area contributed by atoms with Crippen molar-refractivity contribution in [2.24, 2.45) is 7.05 Å². The van der Waals surface area contributed by atoms with Crippen LogP contribution >= 0.6 is 0 Å². The van der Waals surface area contributed by atoms with E-state index in [1.165, 1.54) is 6.08 Å². The van der Waals surface area contributed by atoms with E-state index in [1.54, 1.807) is 6.20 Å². The van der Waals surface area contributed by atoms with Crippen molar-refractivity contribution in [3.63, 3.8) is 0 Å². The van der Waals surface area contributed by atoms with E-state index in [0.717, 1.165) is 11.5 Å². The summed E-state index contributed by atoms with van der Waals surface area (Å²) in [5.74, 6) is 0.805. The summed E-state index contributed by atoms with van der Waals surface area (Å²) in [6.45, 7) is 3.79. The molecule has 0 atom stereocenters. The molecule has 0 radical (unpaired) electrons. The lowest BCUT2D eigenvalue weighted by Crippen LogP contribution is -2.04. The van der Waals surface area contributed by atoms with Crippen LogP contribution < -0.4 is 0 Å². The largest absolute Gasteiger partial charge is 0.383 e. The molecule has 82 valence electrons. The minimum Gasteiger partial charge on any atom is -0.383 e. The molecule has 0 aliphatic heterocycles. The summed E-state index contributed by atoms with van der Waals surface area (Å²) in [4.78, 5) is 17.8. The topological polar surface area (TPSA) is 38.1 Å². The zero-order chi connectivity index (χ0) is 11.6. The van der Waals surface area contributed by atoms with Gasteiger partial charge in [0.2, 0.25) is 5.78 Å². The van der Waals surface area contributed by atoms with Gasteiger partial charge in [-0.25, -0.2) is 4.98 Å². The lowest BCUT2D eigenvalue weighted by Gasteiger charge is -2.02. The van der Waals surface area contributed by atoms with Crippen molar-refractivity contribution < 1.29 is 4.79 Å². The third-order valence-corrected chi connectivity index (χ3v) is 2.36. The summed E-state index contributed by atoms with van der Waals surface area (Å²) >= 11 is 0. The summed E-state index contributed by atoms with van der Waals surface area (Å²) in [6, 6.07) is 0. The van der Waals surface area contributed by atoms with Gasteiger partial charge in [0.25, 0.3) is 0 Å². The van der Waals surface area contributed by atoms with E-state index in [2.05, 4.69) is 4.98 Å². The molecule has 0 spiro atoms. The minimum atomic E-state index is -0.0510. The first kappa shape index (κ1) is 11.5. The fraction of sp³-hybridized carbons (Fsp3) is 0.455. The maximum atomic E-state index is 11.7. The number of nitrogens with zero attached hydrogens (tertiary/aromatic N) is 3. The number of hydrogen-bond acceptors (Lipinski definition) is 3. The van der Waals surface area contributed by atoms with Crippen molar-refractivity contribution in [1.29, 1.82) is 0 Å². The number of ketones is 1. The van der Waals surface area contributed by atoms with Crippen molar-refractivity contribution in [2.45, 2.75) is 13.8 Å². The zero-order valence-electron chi connectivity index (χ0n) is 9.90. The highest BCUT2D eigenvalue weighted by molar-refractivity contribution is 6.03. The molecule has 0 amide bonds. The molecule has 4 heteroatoms. The molecule has 4 nitrogen and oxygen atoms in total. The second-order valence-electron chi connectivity index (χ2n) is 3.80. The lowest BCUT2D eigenvalue weighted by atomic mass is 10.2. The highest BCUT2D eigenvalue weighted by Crippen LogP contribution is 2.09. The molecule has 1 rings (SSSR count). The Labute approximate surface area is 90.2 Å². The Bertz CT molecular complexity index is 402. The maximum absolute atomic E-state index is 11.7. The molecule has 0 aromatic carbocycles. The monoisotopic (exact) mass is 207 g/mol. The number of imidazole rings is 1. The Morgan fingerprint density at radius 3 is 2.40 bits per heavy atom. The van der Waals surface area contributed by atoms with Crippen LogP contribution in [0.5, 0.6) is 0 Å². The smallest absolute Gasteiger partial charge is 0.207 e. The van der Waals surface area contributed by atoms with Gasteiger partial charge in [-0.2, -0.15) is 0 Å². The first-order valence-electron chi connectivity index (χ1n) is 4.82. The van der Waals surface area contributed by atoms with Crippen molar-refractivity contribution in [3.8, 4) is 0 Å². The van der Waals surface area contributed by atoms with Crippen LogP contribution in [0.15, 0.2) is 12.3 Å². The van der Waals surface area contributed by atoms with Crippen LogP contribution in [0, 0.1) is 13.8 Å². The Morgan fingerprint density at radius 1 is 1.40 bits per heavy atom. The van der Waals surface area contributed by atoms with Crippen LogP contribution in [0.3, 0.4) is 0 Å². The average molecular weight is 207 g/mol. The molecule has 0 N–H and O–H groups in total. The second kappa shape index (κ2) is 4.29. The molecule has 0 bridgehead atoms. The van der Waals surface area contributed by atoms with E-state index < -0.39 is 0 Å². The SMILES string of the molecule is Cc1nc(C(=O)/C=C/N(C)C)c(C)n1C. The van der Waals surface area contributed by atoms with Gasteiger partial charge < -0.3 is 9.47 Å². The summed E-state index contributed by atoms with van der Waals surface area (Å²) < 4.78 is 1.91. The van der Waals surface area contributed by atoms with Gasteiger partial charge in [0.05, 0.1) is 0 Å². The van der Waals surface area contributed by atoms with E-state index in [-0.39, 0.29) is 5.78 Å². The van der Waals surface area contributed by atoms with Gasteiger partial charge in [-0.1, -0.05) is 0 Å². The highest BCUT2D eigenvalue weighted by atomic mass is 16.1. The molecule has 0 aliphatic rings. The zero-order valence-corrected chi connectivity index (χ0v) is 9.90. The van der Waals surface area contributed by atoms with Gasteiger partial charge in [0.15, 0.2) is 0 Å². The Morgan fingerprint density at radius 2 is 2.00 bits per heavy atom. The highest BCUT2D eigenvalue weighted by Gasteiger charge is 2.13. The fourth-order valence-corrected chi connectivity index (χ4v) is 1.25. The summed E-state index contributed by atoms with van der Waals surface area (Å²) in [7, 11) is 5.66. The minimum absolute atomic E-state index is 0.0510. The number of carbonyl (C=O) groups is 1. The van der Waals surface area contributed by atoms with Gasteiger partial charge in [-0.05, 0) is 13.8 Å². The first-order valence-corrected chi connectivity index (χ1v) is 4.82. The number of aryl methyl sites for hydroxylation is 1. The molecule has 0 saturated heterocycles. The van der Waals surface area contributed by atoms with Crippen LogP contribution in [0.2, 0.25) is 0 Å². The van der Waals surface area contributed by atoms with Crippen LogP contribution in [0.4, 0.5) is 0 Å². The van der Waals surface area contributed by atoms with Crippen LogP contribution in [0.1, 0.15) is 22.0 Å². The van der Waals surface area contributed by atoms with Crippen molar-refractivity contribution >= 4 is 5.78 Å². The molecule has 1 aromatic rings. The number of allylic oxidation sites excluding steroid dienone is 1. The van der Waals surface area contributed by atoms with Crippen molar-refractivity contribution in [3.05, 3.63) is 29.5 Å². The molecule has 15 heavy (non-hydrogen) atoms. The molecular weight excluding hydrogens is 190 g/mol. The lowest BCUT2D eigenvalue weighted by molar-refractivity contribution is 0.104. The molecule has 0 unspecified atom stereocenters. The van der Waals surface area contributed by atoms with Gasteiger partial charge in [0, 0.05) is 39.1 Å². The number of carbonyl (C=O) groups excluding carboxylic acids is 1. The number of rotatable bonds is 3. The number of aromatic nitrogens is 2. The standard InChI is InChI=1S/C11H17N3O/c1-8-11(12-9(2)14(8)5)10(15)6-7-13(3)4/h6-7H,1-5H3/b7-6+. The van der Waals surface area contributed by atoms with Gasteiger partial charge in [-0.3, -0.25) is 4.79 Å². The Balaban J connectivity index is 2.97. The Kier molecular flexibility index (Phi) is 3.29. The summed E-state index contributed by atoms with van der Waals surface area (Å²) in [5.41, 5.74) is 1.44. The van der Waals surface area contributed by atoms with Gasteiger partial charge in [-0.15, -0.1) is 0 Å². The summed E-state index contributed by atoms with van der Waals surface area (Å²) in [6.07, 6.45) is 3.26. The second-order valence-corrected chi connectivity index (χ2v) is 3.80. The number of hydrogen-bond donors (Lipinski definition) is 0. The van der Waals surface area contributed by atoms with Crippen LogP contribution in [0.25, 0.3) is 0 Å². The molecule has 1 aromatic heterocycles. The van der Waals surface area contributed by atoms with Crippen molar-refractivity contribution in [2.75, 3.05) is 14.1 Å². The Hall–Kier alpha value is -1.58. The van der Waals surface area contributed by atoms with Gasteiger partial charge in [0.1, 0.15) is 11.5 Å². The molecule has 0 aliphatic carbocycles. The van der Waals surface area contributed by atoms with E-state index >= 15 is 0 Å². The summed E-state index contributed by atoms with van der Waals surface area (Å²) in [5, 5.41) is 0. The van der Waals surface area contributed by atoms with E-state index in [4.69, 9.17) is 0 Å². The predicted molar refractivity (Wildman–Crippen MR) is 59.8 cm³/mol. The van der Waals surface area contributed by atoms with E-state index in [1.807, 2.05) is 44.5 Å². The molecule has 0 fully saturated rings. The quantitative estimate of drug-likeness (QED) is 0.554. The van der Waals surface area contributed by atoms with Crippen LogP contribution in [-0.2, 0) is 7.05 Å². The third-order valence-electron chi connectivity index (χ3n) is 2.36. The maximum Gasteiger partial charge on any atom is 0.207 e. The van der Waals surface area contributed by atoms with Gasteiger partial charge >= 0.3 is 0 Å². The average Bonchev–Trinajstić information content (AvgIpc) is 2.42. The normalized spacial score (nSPS) is 11.0. The van der Waals surface area contributed by atoms with E-state index in [9.17, 15) is 4.79 Å². The molecule has 1 heterocycles. The van der Waals surface area contributed by atoms with E-state index in [0.29, 0.717) is 5.69 Å². The predicted octanol–water partition coefficient (Wildman–Crippen LogP) is 1.29. The van der Waals surface area contributed by atoms with Crippen molar-refractivity contribution in [1.82, 2.24) is 14.5 Å². The van der Waals surface area contributed by atoms with Crippen LogP contribution in [-0.4, -0.2) is 34.3 Å². The third kappa shape index (κ3) is 2.46. The first-order chi connectivity index (χ1) is 6.93.